The van der Waals surface area contributed by atoms with Gasteiger partial charge in [0.1, 0.15) is 11.9 Å². The van der Waals surface area contributed by atoms with E-state index in [1.165, 1.54) is 12.1 Å². The SMILES string of the molecule is N#Cc1cnc2c(Cl)cc(NC(C3=CN(C4CC4)NN3)c3ccc(F)cc3)cc2c1NC1CC1. The maximum Gasteiger partial charge on any atom is 0.123 e. The van der Waals surface area contributed by atoms with Gasteiger partial charge >= 0.3 is 0 Å². The van der Waals surface area contributed by atoms with Crippen LogP contribution in [0.25, 0.3) is 10.9 Å². The minimum absolute atomic E-state index is 0.280. The Kier molecular flexibility index (Phi) is 5.16. The quantitative estimate of drug-likeness (QED) is 0.384. The van der Waals surface area contributed by atoms with E-state index in [4.69, 9.17) is 11.6 Å². The van der Waals surface area contributed by atoms with Gasteiger partial charge in [0.25, 0.3) is 0 Å². The predicted octanol–water partition coefficient (Wildman–Crippen LogP) is 4.96. The number of anilines is 2. The lowest BCUT2D eigenvalue weighted by Crippen LogP contribution is -2.38. The number of pyridine rings is 1. The monoisotopic (exact) mass is 475 g/mol. The largest absolute Gasteiger partial charge is 0.381 e. The molecule has 1 unspecified atom stereocenters. The van der Waals surface area contributed by atoms with Crippen LogP contribution >= 0.6 is 11.6 Å². The third-order valence-corrected chi connectivity index (χ3v) is 6.63. The number of fused-ring (bicyclic) bond motifs is 1. The molecule has 3 aromatic rings. The second-order valence-corrected chi connectivity index (χ2v) is 9.43. The van der Waals surface area contributed by atoms with E-state index in [1.54, 1.807) is 18.3 Å². The number of halogens is 2. The lowest BCUT2D eigenvalue weighted by Gasteiger charge is -2.22. The highest BCUT2D eigenvalue weighted by Gasteiger charge is 2.32. The van der Waals surface area contributed by atoms with Crippen molar-refractivity contribution in [2.75, 3.05) is 10.6 Å². The fourth-order valence-electron chi connectivity index (χ4n) is 4.22. The third kappa shape index (κ3) is 4.09. The van der Waals surface area contributed by atoms with Gasteiger partial charge in [0, 0.05) is 35.6 Å². The van der Waals surface area contributed by atoms with Crippen molar-refractivity contribution < 1.29 is 4.39 Å². The minimum Gasteiger partial charge on any atom is -0.381 e. The molecule has 0 radical (unpaired) electrons. The highest BCUT2D eigenvalue weighted by atomic mass is 35.5. The first-order valence-electron chi connectivity index (χ1n) is 11.4. The average Bonchev–Trinajstić information content (AvgIpc) is 3.78. The molecule has 172 valence electrons. The summed E-state index contributed by atoms with van der Waals surface area (Å²) in [6.07, 6.45) is 8.08. The van der Waals surface area contributed by atoms with Crippen molar-refractivity contribution in [2.24, 2.45) is 0 Å². The summed E-state index contributed by atoms with van der Waals surface area (Å²) in [6.45, 7) is 0. The summed E-state index contributed by atoms with van der Waals surface area (Å²) in [5.41, 5.74) is 10.9. The number of aromatic nitrogens is 1. The van der Waals surface area contributed by atoms with Crippen LogP contribution in [-0.2, 0) is 0 Å². The lowest BCUT2D eigenvalue weighted by atomic mass is 10.0. The Morgan fingerprint density at radius 3 is 2.68 bits per heavy atom. The van der Waals surface area contributed by atoms with E-state index in [-0.39, 0.29) is 11.9 Å². The molecule has 4 N–H and O–H groups in total. The summed E-state index contributed by atoms with van der Waals surface area (Å²) < 4.78 is 13.7. The number of hydrazine groups is 2. The van der Waals surface area contributed by atoms with E-state index < -0.39 is 0 Å². The maximum absolute atomic E-state index is 13.7. The van der Waals surface area contributed by atoms with Crippen molar-refractivity contribution in [3.63, 3.8) is 0 Å². The van der Waals surface area contributed by atoms with Gasteiger partial charge in [-0.3, -0.25) is 9.99 Å². The van der Waals surface area contributed by atoms with Gasteiger partial charge in [-0.1, -0.05) is 23.7 Å². The van der Waals surface area contributed by atoms with E-state index in [0.29, 0.717) is 28.2 Å². The van der Waals surface area contributed by atoms with Crippen molar-refractivity contribution in [3.8, 4) is 6.07 Å². The van der Waals surface area contributed by atoms with Gasteiger partial charge in [0.15, 0.2) is 0 Å². The Morgan fingerprint density at radius 2 is 1.97 bits per heavy atom. The summed E-state index contributed by atoms with van der Waals surface area (Å²) in [6, 6.07) is 13.1. The standard InChI is InChI=1S/C25H23ClFN7/c26-21-10-18(9-20-23(30-17-5-6-17)15(11-28)12-29-25(20)21)31-24(14-1-3-16(27)4-2-14)22-13-34(33-32-22)19-7-8-19/h1-4,9-10,12-13,17,19,24,31-33H,5-8H2,(H,29,30). The Labute approximate surface area is 201 Å². The fourth-order valence-corrected chi connectivity index (χ4v) is 4.49. The van der Waals surface area contributed by atoms with E-state index in [1.807, 2.05) is 12.1 Å². The van der Waals surface area contributed by atoms with Crippen LogP contribution < -0.4 is 21.6 Å². The molecule has 6 rings (SSSR count). The number of rotatable bonds is 7. The van der Waals surface area contributed by atoms with Crippen LogP contribution in [-0.4, -0.2) is 22.1 Å². The molecule has 0 amide bonds. The van der Waals surface area contributed by atoms with Crippen molar-refractivity contribution in [3.05, 3.63) is 76.5 Å². The zero-order chi connectivity index (χ0) is 23.2. The van der Waals surface area contributed by atoms with Crippen LogP contribution in [0, 0.1) is 17.1 Å². The number of nitriles is 1. The molecule has 0 bridgehead atoms. The predicted molar refractivity (Wildman–Crippen MR) is 130 cm³/mol. The number of hydrogen-bond acceptors (Lipinski definition) is 7. The topological polar surface area (TPSA) is 88.0 Å². The number of nitrogens with one attached hydrogen (secondary N) is 4. The first-order chi connectivity index (χ1) is 16.6. The molecule has 9 heteroatoms. The van der Waals surface area contributed by atoms with E-state index in [0.717, 1.165) is 53.7 Å². The molecule has 3 aliphatic rings. The molecular formula is C25H23ClFN7. The molecule has 2 aliphatic carbocycles. The first kappa shape index (κ1) is 21.0. The molecule has 1 atom stereocenters. The van der Waals surface area contributed by atoms with Crippen LogP contribution in [0.3, 0.4) is 0 Å². The number of nitrogens with zero attached hydrogens (tertiary/aromatic N) is 3. The normalized spacial score (nSPS) is 18.3. The molecule has 0 spiro atoms. The molecule has 2 saturated carbocycles. The van der Waals surface area contributed by atoms with Crippen LogP contribution in [0.15, 0.2) is 54.5 Å². The van der Waals surface area contributed by atoms with Crippen LogP contribution in [0.1, 0.15) is 42.9 Å². The smallest absolute Gasteiger partial charge is 0.123 e. The Hall–Kier alpha value is -3.54. The molecule has 2 heterocycles. The molecule has 0 saturated heterocycles. The molecule has 2 aromatic carbocycles. The Balaban J connectivity index is 1.41. The lowest BCUT2D eigenvalue weighted by molar-refractivity contribution is 0.260. The summed E-state index contributed by atoms with van der Waals surface area (Å²) in [4.78, 5) is 4.44. The van der Waals surface area contributed by atoms with E-state index >= 15 is 0 Å². The molecule has 1 aliphatic heterocycles. The number of hydrogen-bond donors (Lipinski definition) is 4. The Morgan fingerprint density at radius 1 is 1.18 bits per heavy atom. The van der Waals surface area contributed by atoms with Crippen LogP contribution in [0.4, 0.5) is 15.8 Å². The summed E-state index contributed by atoms with van der Waals surface area (Å²) in [7, 11) is 0. The zero-order valence-electron chi connectivity index (χ0n) is 18.3. The Bertz CT molecular complexity index is 1330. The third-order valence-electron chi connectivity index (χ3n) is 6.34. The van der Waals surface area contributed by atoms with Gasteiger partial charge in [-0.15, -0.1) is 5.53 Å². The fraction of sp³-hybridized carbons (Fsp3) is 0.280. The van der Waals surface area contributed by atoms with Crippen LogP contribution in [0.2, 0.25) is 5.02 Å². The van der Waals surface area contributed by atoms with Crippen molar-refractivity contribution in [1.82, 2.24) is 21.0 Å². The molecule has 1 aromatic heterocycles. The second kappa shape index (κ2) is 8.35. The van der Waals surface area contributed by atoms with Crippen molar-refractivity contribution >= 4 is 33.9 Å². The van der Waals surface area contributed by atoms with Crippen LogP contribution in [0.5, 0.6) is 0 Å². The zero-order valence-corrected chi connectivity index (χ0v) is 19.0. The van der Waals surface area contributed by atoms with Gasteiger partial charge in [-0.2, -0.15) is 5.26 Å². The highest BCUT2D eigenvalue weighted by Crippen LogP contribution is 2.38. The summed E-state index contributed by atoms with van der Waals surface area (Å²) in [5, 5.41) is 20.0. The van der Waals surface area contributed by atoms with E-state index in [2.05, 4.69) is 43.9 Å². The second-order valence-electron chi connectivity index (χ2n) is 9.02. The number of benzene rings is 2. The van der Waals surface area contributed by atoms with Gasteiger partial charge in [-0.05, 0) is 55.5 Å². The summed E-state index contributed by atoms with van der Waals surface area (Å²) >= 11 is 6.65. The maximum atomic E-state index is 13.7. The molecular weight excluding hydrogens is 453 g/mol. The minimum atomic E-state index is -0.284. The average molecular weight is 476 g/mol. The molecule has 34 heavy (non-hydrogen) atoms. The molecule has 2 fully saturated rings. The van der Waals surface area contributed by atoms with Crippen molar-refractivity contribution in [2.45, 2.75) is 43.8 Å². The van der Waals surface area contributed by atoms with Gasteiger partial charge in [-0.25, -0.2) is 4.39 Å². The van der Waals surface area contributed by atoms with Gasteiger partial charge in [0.05, 0.1) is 33.5 Å². The van der Waals surface area contributed by atoms with Gasteiger partial charge < -0.3 is 16.1 Å². The first-order valence-corrected chi connectivity index (χ1v) is 11.8. The van der Waals surface area contributed by atoms with Gasteiger partial charge in [0.2, 0.25) is 0 Å². The van der Waals surface area contributed by atoms with E-state index in [9.17, 15) is 9.65 Å². The summed E-state index contributed by atoms with van der Waals surface area (Å²) in [5.74, 6) is -0.284. The van der Waals surface area contributed by atoms with Crippen molar-refractivity contribution in [1.29, 1.82) is 5.26 Å². The molecule has 7 nitrogen and oxygen atoms in total. The highest BCUT2D eigenvalue weighted by molar-refractivity contribution is 6.35.